The predicted octanol–water partition coefficient (Wildman–Crippen LogP) is 5.46. The van der Waals surface area contributed by atoms with E-state index in [-0.39, 0.29) is 25.0 Å². The second kappa shape index (κ2) is 12.3. The summed E-state index contributed by atoms with van der Waals surface area (Å²) in [6, 6.07) is 12.9. The molecule has 1 aliphatic rings. The van der Waals surface area contributed by atoms with Gasteiger partial charge in [0.05, 0.1) is 26.9 Å². The van der Waals surface area contributed by atoms with Crippen molar-refractivity contribution >= 4 is 29.2 Å². The number of methoxy groups -OCH3 is 2. The van der Waals surface area contributed by atoms with Gasteiger partial charge in [-0.05, 0) is 37.1 Å². The molecule has 0 saturated heterocycles. The van der Waals surface area contributed by atoms with E-state index in [2.05, 4.69) is 6.07 Å². The lowest BCUT2D eigenvalue weighted by Gasteiger charge is -2.33. The first-order chi connectivity index (χ1) is 17.6. The number of carbonyl (C=O) groups is 2. The summed E-state index contributed by atoms with van der Waals surface area (Å²) in [6.07, 6.45) is -0.368. The predicted molar refractivity (Wildman–Crippen MR) is 140 cm³/mol. The third-order valence-corrected chi connectivity index (χ3v) is 6.36. The van der Waals surface area contributed by atoms with Gasteiger partial charge in [0.2, 0.25) is 0 Å². The lowest BCUT2D eigenvalue weighted by atomic mass is 9.92. The molecule has 1 amide bonds. The number of nitriles is 1. The second-order valence-electron chi connectivity index (χ2n) is 9.71. The van der Waals surface area contributed by atoms with Crippen LogP contribution in [0, 0.1) is 16.7 Å². The summed E-state index contributed by atoms with van der Waals surface area (Å²) in [5, 5.41) is 9.57. The SMILES string of the molecule is COc1cccc([C@H]2O[C@H](CCCC#N)C(=O)N(CC(C)(C)COC(C)=O)c3ccc(Cl)cc32)c1OC. The van der Waals surface area contributed by atoms with Crippen molar-refractivity contribution in [3.05, 3.63) is 52.5 Å². The summed E-state index contributed by atoms with van der Waals surface area (Å²) < 4.78 is 23.0. The highest BCUT2D eigenvalue weighted by Crippen LogP contribution is 2.45. The van der Waals surface area contributed by atoms with Crippen molar-refractivity contribution in [1.82, 2.24) is 0 Å². The monoisotopic (exact) mass is 528 g/mol. The van der Waals surface area contributed by atoms with Crippen LogP contribution < -0.4 is 14.4 Å². The third kappa shape index (κ3) is 6.73. The summed E-state index contributed by atoms with van der Waals surface area (Å²) in [7, 11) is 3.11. The van der Waals surface area contributed by atoms with Gasteiger partial charge < -0.3 is 23.8 Å². The Morgan fingerprint density at radius 3 is 2.59 bits per heavy atom. The van der Waals surface area contributed by atoms with E-state index in [0.29, 0.717) is 52.6 Å². The Morgan fingerprint density at radius 2 is 1.95 bits per heavy atom. The lowest BCUT2D eigenvalue weighted by molar-refractivity contribution is -0.143. The van der Waals surface area contributed by atoms with E-state index < -0.39 is 17.6 Å². The Morgan fingerprint density at radius 1 is 1.19 bits per heavy atom. The first-order valence-electron chi connectivity index (χ1n) is 12.1. The standard InChI is InChI=1S/C28H33ClN2O6/c1-18(32)36-17-28(2,3)16-31-22-13-12-19(29)15-21(22)25(37-24(27(31)33)10-6-7-14-30)20-9-8-11-23(34-4)26(20)35-5/h8-9,11-13,15,24-25H,6-7,10,16-17H2,1-5H3/t24-,25-/m1/s1. The number of nitrogens with zero attached hydrogens (tertiary/aromatic N) is 2. The fraction of sp³-hybridized carbons (Fsp3) is 0.464. The van der Waals surface area contributed by atoms with Crippen LogP contribution >= 0.6 is 11.6 Å². The van der Waals surface area contributed by atoms with Gasteiger partial charge in [-0.15, -0.1) is 0 Å². The quantitative estimate of drug-likeness (QED) is 0.298. The summed E-state index contributed by atoms with van der Waals surface area (Å²) in [6.45, 7) is 5.63. The second-order valence-corrected chi connectivity index (χ2v) is 10.1. The van der Waals surface area contributed by atoms with Gasteiger partial charge in [0.1, 0.15) is 12.2 Å². The molecular weight excluding hydrogens is 496 g/mol. The van der Waals surface area contributed by atoms with Gasteiger partial charge >= 0.3 is 5.97 Å². The first-order valence-corrected chi connectivity index (χ1v) is 12.5. The molecule has 9 heteroatoms. The van der Waals surface area contributed by atoms with Crippen molar-refractivity contribution in [2.75, 3.05) is 32.3 Å². The number of halogens is 1. The number of amides is 1. The molecule has 2 aromatic carbocycles. The van der Waals surface area contributed by atoms with Crippen LogP contribution in [0.4, 0.5) is 5.69 Å². The molecular formula is C28H33ClN2O6. The highest BCUT2D eigenvalue weighted by atomic mass is 35.5. The Kier molecular flexibility index (Phi) is 9.41. The molecule has 0 radical (unpaired) electrons. The number of unbranched alkanes of at least 4 members (excludes halogenated alkanes) is 1. The van der Waals surface area contributed by atoms with Gasteiger partial charge in [0, 0.05) is 47.1 Å². The Labute approximate surface area is 223 Å². The van der Waals surface area contributed by atoms with Crippen LogP contribution in [0.25, 0.3) is 0 Å². The average Bonchev–Trinajstić information content (AvgIpc) is 2.97. The van der Waals surface area contributed by atoms with Crippen molar-refractivity contribution in [3.63, 3.8) is 0 Å². The summed E-state index contributed by atoms with van der Waals surface area (Å²) in [4.78, 5) is 27.1. The number of ether oxygens (including phenoxy) is 4. The van der Waals surface area contributed by atoms with E-state index in [4.69, 9.17) is 35.8 Å². The van der Waals surface area contributed by atoms with E-state index in [1.807, 2.05) is 26.0 Å². The highest BCUT2D eigenvalue weighted by molar-refractivity contribution is 6.30. The molecule has 198 valence electrons. The van der Waals surface area contributed by atoms with Crippen molar-refractivity contribution in [2.45, 2.75) is 52.2 Å². The van der Waals surface area contributed by atoms with Gasteiger partial charge in [0.25, 0.3) is 5.91 Å². The van der Waals surface area contributed by atoms with Crippen LogP contribution in [0.3, 0.4) is 0 Å². The fourth-order valence-electron chi connectivity index (χ4n) is 4.42. The number of carbonyl (C=O) groups excluding carboxylic acids is 2. The van der Waals surface area contributed by atoms with Crippen molar-refractivity contribution in [2.24, 2.45) is 5.41 Å². The topological polar surface area (TPSA) is 98.1 Å². The summed E-state index contributed by atoms with van der Waals surface area (Å²) in [5.41, 5.74) is 1.47. The maximum atomic E-state index is 14.0. The zero-order valence-electron chi connectivity index (χ0n) is 21.9. The third-order valence-electron chi connectivity index (χ3n) is 6.13. The van der Waals surface area contributed by atoms with Gasteiger partial charge in [-0.1, -0.05) is 37.6 Å². The van der Waals surface area contributed by atoms with Crippen LogP contribution in [0.15, 0.2) is 36.4 Å². The number of esters is 1. The van der Waals surface area contributed by atoms with E-state index in [9.17, 15) is 9.59 Å². The molecule has 8 nitrogen and oxygen atoms in total. The van der Waals surface area contributed by atoms with Gasteiger partial charge in [0.15, 0.2) is 11.5 Å². The minimum Gasteiger partial charge on any atom is -0.493 e. The minimum absolute atomic E-state index is 0.141. The maximum Gasteiger partial charge on any atom is 0.302 e. The molecule has 3 rings (SSSR count). The van der Waals surface area contributed by atoms with Gasteiger partial charge in [-0.25, -0.2) is 0 Å². The lowest BCUT2D eigenvalue weighted by Crippen LogP contribution is -2.45. The molecule has 0 unspecified atom stereocenters. The van der Waals surface area contributed by atoms with Gasteiger partial charge in [-0.2, -0.15) is 5.26 Å². The van der Waals surface area contributed by atoms with Crippen molar-refractivity contribution < 1.29 is 28.5 Å². The first kappa shape index (κ1) is 28.3. The number of para-hydroxylation sites is 1. The Balaban J connectivity index is 2.17. The Bertz CT molecular complexity index is 1180. The molecule has 2 aromatic rings. The van der Waals surface area contributed by atoms with Crippen LogP contribution in [-0.2, 0) is 19.1 Å². The number of benzene rings is 2. The number of hydrogen-bond acceptors (Lipinski definition) is 7. The van der Waals surface area contributed by atoms with E-state index in [0.717, 1.165) is 0 Å². The number of hydrogen-bond donors (Lipinski definition) is 0. The summed E-state index contributed by atoms with van der Waals surface area (Å²) >= 11 is 6.45. The normalized spacial score (nSPS) is 17.4. The van der Waals surface area contributed by atoms with Gasteiger partial charge in [-0.3, -0.25) is 9.59 Å². The number of anilines is 1. The van der Waals surface area contributed by atoms with Crippen molar-refractivity contribution in [1.29, 1.82) is 5.26 Å². The van der Waals surface area contributed by atoms with E-state index in [1.54, 1.807) is 43.4 Å². The zero-order valence-corrected chi connectivity index (χ0v) is 22.6. The molecule has 0 aliphatic carbocycles. The average molecular weight is 529 g/mol. The zero-order chi connectivity index (χ0) is 27.2. The molecule has 1 aliphatic heterocycles. The smallest absolute Gasteiger partial charge is 0.302 e. The van der Waals surface area contributed by atoms with Crippen LogP contribution in [0.5, 0.6) is 11.5 Å². The molecule has 0 N–H and O–H groups in total. The summed E-state index contributed by atoms with van der Waals surface area (Å²) in [5.74, 6) is 0.406. The molecule has 0 aromatic heterocycles. The van der Waals surface area contributed by atoms with E-state index >= 15 is 0 Å². The molecule has 0 saturated carbocycles. The Hall–Kier alpha value is -3.28. The number of fused-ring (bicyclic) bond motifs is 1. The molecule has 0 spiro atoms. The molecule has 1 heterocycles. The maximum absolute atomic E-state index is 14.0. The minimum atomic E-state index is -0.829. The molecule has 2 atom stereocenters. The molecule has 0 bridgehead atoms. The van der Waals surface area contributed by atoms with Crippen LogP contribution in [0.1, 0.15) is 57.3 Å². The molecule has 37 heavy (non-hydrogen) atoms. The van der Waals surface area contributed by atoms with Crippen LogP contribution in [-0.4, -0.2) is 45.4 Å². The molecule has 0 fully saturated rings. The van der Waals surface area contributed by atoms with Crippen molar-refractivity contribution in [3.8, 4) is 17.6 Å². The number of rotatable bonds is 10. The largest absolute Gasteiger partial charge is 0.493 e. The fourth-order valence-corrected chi connectivity index (χ4v) is 4.60. The van der Waals surface area contributed by atoms with E-state index in [1.165, 1.54) is 6.92 Å². The highest BCUT2D eigenvalue weighted by Gasteiger charge is 2.40. The van der Waals surface area contributed by atoms with Crippen LogP contribution in [0.2, 0.25) is 5.02 Å².